The first-order valence-electron chi connectivity index (χ1n) is 6.03. The lowest BCUT2D eigenvalue weighted by atomic mass is 9.68. The van der Waals surface area contributed by atoms with Crippen LogP contribution < -0.4 is 5.73 Å². The highest BCUT2D eigenvalue weighted by Crippen LogP contribution is 2.40. The molecule has 1 heterocycles. The predicted octanol–water partition coefficient (Wildman–Crippen LogP) is 1.66. The van der Waals surface area contributed by atoms with Crippen molar-refractivity contribution in [2.24, 2.45) is 18.2 Å². The molecule has 0 radical (unpaired) electrons. The van der Waals surface area contributed by atoms with Crippen molar-refractivity contribution in [1.82, 2.24) is 15.0 Å². The van der Waals surface area contributed by atoms with Gasteiger partial charge in [-0.15, -0.1) is 5.10 Å². The van der Waals surface area contributed by atoms with Gasteiger partial charge < -0.3 is 5.73 Å². The number of aromatic nitrogens is 3. The fraction of sp³-hybridized carbons (Fsp3) is 0.833. The Balaban J connectivity index is 1.99. The predicted molar refractivity (Wildman–Crippen MR) is 63.9 cm³/mol. The lowest BCUT2D eigenvalue weighted by Gasteiger charge is -2.40. The molecule has 16 heavy (non-hydrogen) atoms. The Morgan fingerprint density at radius 1 is 1.31 bits per heavy atom. The van der Waals surface area contributed by atoms with Gasteiger partial charge in [-0.1, -0.05) is 19.1 Å². The molecule has 0 unspecified atom stereocenters. The number of hydrogen-bond acceptors (Lipinski definition) is 3. The van der Waals surface area contributed by atoms with Gasteiger partial charge in [0.05, 0.1) is 5.69 Å². The third-order valence-electron chi connectivity index (χ3n) is 3.78. The van der Waals surface area contributed by atoms with Crippen LogP contribution >= 0.6 is 0 Å². The quantitative estimate of drug-likeness (QED) is 0.828. The maximum Gasteiger partial charge on any atom is 0.0845 e. The molecule has 0 amide bonds. The summed E-state index contributed by atoms with van der Waals surface area (Å²) in [6, 6.07) is 0. The Morgan fingerprint density at radius 3 is 2.44 bits per heavy atom. The normalized spacial score (nSPS) is 23.2. The van der Waals surface area contributed by atoms with Crippen molar-refractivity contribution < 1.29 is 0 Å². The Kier molecular flexibility index (Phi) is 2.78. The zero-order valence-electron chi connectivity index (χ0n) is 10.5. The number of rotatable bonds is 2. The van der Waals surface area contributed by atoms with Crippen LogP contribution in [0.25, 0.3) is 0 Å². The summed E-state index contributed by atoms with van der Waals surface area (Å²) in [5.74, 6) is 0. The standard InChI is InChI=1S/C12H22N4/c1-11(2)4-6-12(13,7-5-11)8-10-9-16(3)15-14-10/h9H,4-8,13H2,1-3H3. The minimum Gasteiger partial charge on any atom is -0.325 e. The molecule has 2 rings (SSSR count). The molecule has 0 atom stereocenters. The van der Waals surface area contributed by atoms with Crippen LogP contribution in [0.5, 0.6) is 0 Å². The second-order valence-electron chi connectivity index (χ2n) is 6.09. The van der Waals surface area contributed by atoms with Crippen LogP contribution in [-0.2, 0) is 13.5 Å². The van der Waals surface area contributed by atoms with Crippen LogP contribution in [0.3, 0.4) is 0 Å². The van der Waals surface area contributed by atoms with E-state index in [0.717, 1.165) is 25.0 Å². The van der Waals surface area contributed by atoms with E-state index in [1.54, 1.807) is 4.68 Å². The highest BCUT2D eigenvalue weighted by molar-refractivity contribution is 5.04. The van der Waals surface area contributed by atoms with E-state index in [2.05, 4.69) is 24.2 Å². The van der Waals surface area contributed by atoms with Crippen LogP contribution in [0.2, 0.25) is 0 Å². The molecule has 2 N–H and O–H groups in total. The maximum atomic E-state index is 6.44. The van der Waals surface area contributed by atoms with Gasteiger partial charge in [-0.05, 0) is 31.1 Å². The Hall–Kier alpha value is -0.900. The van der Waals surface area contributed by atoms with Gasteiger partial charge in [-0.2, -0.15) is 0 Å². The topological polar surface area (TPSA) is 56.7 Å². The van der Waals surface area contributed by atoms with Crippen LogP contribution in [0, 0.1) is 5.41 Å². The molecule has 1 fully saturated rings. The molecule has 4 heteroatoms. The zero-order valence-corrected chi connectivity index (χ0v) is 10.5. The summed E-state index contributed by atoms with van der Waals surface area (Å²) in [4.78, 5) is 0. The fourth-order valence-electron chi connectivity index (χ4n) is 2.44. The summed E-state index contributed by atoms with van der Waals surface area (Å²) in [7, 11) is 1.89. The van der Waals surface area contributed by atoms with E-state index < -0.39 is 0 Å². The Labute approximate surface area is 97.2 Å². The lowest BCUT2D eigenvalue weighted by molar-refractivity contribution is 0.164. The van der Waals surface area contributed by atoms with Gasteiger partial charge >= 0.3 is 0 Å². The van der Waals surface area contributed by atoms with E-state index >= 15 is 0 Å². The van der Waals surface area contributed by atoms with Crippen molar-refractivity contribution in [3.8, 4) is 0 Å². The monoisotopic (exact) mass is 222 g/mol. The molecule has 0 saturated heterocycles. The molecule has 1 aromatic heterocycles. The zero-order chi connectivity index (χ0) is 11.8. The van der Waals surface area contributed by atoms with E-state index in [0.29, 0.717) is 5.41 Å². The largest absolute Gasteiger partial charge is 0.325 e. The van der Waals surface area contributed by atoms with Crippen LogP contribution in [0.4, 0.5) is 0 Å². The number of nitrogens with zero attached hydrogens (tertiary/aromatic N) is 3. The molecule has 1 aromatic rings. The van der Waals surface area contributed by atoms with Gasteiger partial charge in [0.2, 0.25) is 0 Å². The van der Waals surface area contributed by atoms with E-state index in [4.69, 9.17) is 5.73 Å². The summed E-state index contributed by atoms with van der Waals surface area (Å²) < 4.78 is 1.74. The Morgan fingerprint density at radius 2 is 1.94 bits per heavy atom. The molecule has 0 aromatic carbocycles. The van der Waals surface area contributed by atoms with Gasteiger partial charge in [0, 0.05) is 25.2 Å². The molecule has 90 valence electrons. The smallest absolute Gasteiger partial charge is 0.0845 e. The molecule has 1 aliphatic carbocycles. The summed E-state index contributed by atoms with van der Waals surface area (Å²) in [5.41, 5.74) is 7.86. The highest BCUT2D eigenvalue weighted by atomic mass is 15.4. The summed E-state index contributed by atoms with van der Waals surface area (Å²) in [6.45, 7) is 4.66. The van der Waals surface area contributed by atoms with Crippen LogP contribution in [0.15, 0.2) is 6.20 Å². The number of nitrogens with two attached hydrogens (primary N) is 1. The Bertz CT molecular complexity index is 357. The van der Waals surface area contributed by atoms with Gasteiger partial charge in [0.25, 0.3) is 0 Å². The highest BCUT2D eigenvalue weighted by Gasteiger charge is 2.35. The first kappa shape index (κ1) is 11.6. The van der Waals surface area contributed by atoms with E-state index in [9.17, 15) is 0 Å². The average molecular weight is 222 g/mol. The summed E-state index contributed by atoms with van der Waals surface area (Å²) >= 11 is 0. The van der Waals surface area contributed by atoms with Crippen molar-refractivity contribution in [3.63, 3.8) is 0 Å². The molecule has 1 aliphatic rings. The third kappa shape index (κ3) is 2.61. The SMILES string of the molecule is Cn1cc(CC2(N)CCC(C)(C)CC2)nn1. The van der Waals surface area contributed by atoms with E-state index in [-0.39, 0.29) is 5.54 Å². The fourth-order valence-corrected chi connectivity index (χ4v) is 2.44. The number of hydrogen-bond donors (Lipinski definition) is 1. The van der Waals surface area contributed by atoms with Crippen molar-refractivity contribution in [2.75, 3.05) is 0 Å². The summed E-state index contributed by atoms with van der Waals surface area (Å²) in [5, 5.41) is 8.08. The first-order valence-corrected chi connectivity index (χ1v) is 6.03. The van der Waals surface area contributed by atoms with Crippen molar-refractivity contribution in [2.45, 2.75) is 51.5 Å². The third-order valence-corrected chi connectivity index (χ3v) is 3.78. The van der Waals surface area contributed by atoms with Crippen molar-refractivity contribution in [3.05, 3.63) is 11.9 Å². The molecular formula is C12H22N4. The van der Waals surface area contributed by atoms with Gasteiger partial charge in [-0.25, -0.2) is 0 Å². The molecule has 0 aliphatic heterocycles. The molecular weight excluding hydrogens is 200 g/mol. The van der Waals surface area contributed by atoms with Crippen molar-refractivity contribution in [1.29, 1.82) is 0 Å². The van der Waals surface area contributed by atoms with Gasteiger partial charge in [0.1, 0.15) is 0 Å². The van der Waals surface area contributed by atoms with Crippen LogP contribution in [-0.4, -0.2) is 20.5 Å². The lowest BCUT2D eigenvalue weighted by Crippen LogP contribution is -2.46. The minimum absolute atomic E-state index is 0.0639. The molecule has 1 saturated carbocycles. The van der Waals surface area contributed by atoms with Crippen molar-refractivity contribution >= 4 is 0 Å². The summed E-state index contributed by atoms with van der Waals surface area (Å²) in [6.07, 6.45) is 7.44. The van der Waals surface area contributed by atoms with Crippen LogP contribution in [0.1, 0.15) is 45.2 Å². The van der Waals surface area contributed by atoms with E-state index in [1.165, 1.54) is 12.8 Å². The minimum atomic E-state index is -0.0639. The number of aryl methyl sites for hydroxylation is 1. The molecule has 4 nitrogen and oxygen atoms in total. The second kappa shape index (κ2) is 3.84. The maximum absolute atomic E-state index is 6.44. The van der Waals surface area contributed by atoms with Gasteiger partial charge in [0.15, 0.2) is 0 Å². The molecule has 0 bridgehead atoms. The van der Waals surface area contributed by atoms with Gasteiger partial charge in [-0.3, -0.25) is 4.68 Å². The van der Waals surface area contributed by atoms with E-state index in [1.807, 2.05) is 13.2 Å². The average Bonchev–Trinajstić information content (AvgIpc) is 2.58. The second-order valence-corrected chi connectivity index (χ2v) is 6.09. The molecule has 0 spiro atoms. The first-order chi connectivity index (χ1) is 7.39.